The molecule has 9 heteroatoms. The van der Waals surface area contributed by atoms with Crippen molar-refractivity contribution in [3.63, 3.8) is 0 Å². The molecule has 0 saturated carbocycles. The number of aromatic nitrogens is 2. The van der Waals surface area contributed by atoms with Gasteiger partial charge in [0.25, 0.3) is 5.91 Å². The summed E-state index contributed by atoms with van der Waals surface area (Å²) in [5.41, 5.74) is 3.30. The Hall–Kier alpha value is -3.17. The van der Waals surface area contributed by atoms with Crippen LogP contribution in [-0.2, 0) is 0 Å². The molecule has 4 N–H and O–H groups in total. The van der Waals surface area contributed by atoms with Gasteiger partial charge >= 0.3 is 0 Å². The molecule has 8 nitrogen and oxygen atoms in total. The van der Waals surface area contributed by atoms with Crippen LogP contribution in [0.3, 0.4) is 0 Å². The smallest absolute Gasteiger partial charge is 0.253 e. The van der Waals surface area contributed by atoms with Crippen LogP contribution in [0.25, 0.3) is 0 Å². The minimum Gasteiger partial charge on any atom is -0.369 e. The summed E-state index contributed by atoms with van der Waals surface area (Å²) in [5, 5.41) is 12.5. The molecule has 1 aliphatic rings. The van der Waals surface area contributed by atoms with Gasteiger partial charge in [-0.2, -0.15) is 4.98 Å². The van der Waals surface area contributed by atoms with Gasteiger partial charge in [-0.1, -0.05) is 12.1 Å². The number of piperazine rings is 1. The predicted octanol–water partition coefficient (Wildman–Crippen LogP) is 3.50. The number of nitrogens with zero attached hydrogens (tertiary/aromatic N) is 3. The molecule has 1 amide bonds. The van der Waals surface area contributed by atoms with Crippen molar-refractivity contribution in [3.8, 4) is 0 Å². The van der Waals surface area contributed by atoms with Crippen LogP contribution < -0.4 is 26.2 Å². The van der Waals surface area contributed by atoms with Gasteiger partial charge < -0.3 is 26.2 Å². The zero-order valence-corrected chi connectivity index (χ0v) is 18.7. The Morgan fingerprint density at radius 3 is 2.55 bits per heavy atom. The molecule has 0 unspecified atom stereocenters. The second-order valence-corrected chi connectivity index (χ2v) is 7.90. The van der Waals surface area contributed by atoms with E-state index in [1.807, 2.05) is 30.3 Å². The number of carbonyl (C=O) groups excluding carboxylic acids is 1. The Kier molecular flexibility index (Phi) is 6.63. The molecule has 3 aromatic rings. The van der Waals surface area contributed by atoms with E-state index in [4.69, 9.17) is 0 Å². The molecule has 2 aromatic carbocycles. The molecule has 160 valence electrons. The van der Waals surface area contributed by atoms with Crippen molar-refractivity contribution in [2.45, 2.75) is 0 Å². The Balaban J connectivity index is 1.50. The van der Waals surface area contributed by atoms with E-state index in [1.54, 1.807) is 19.3 Å². The fourth-order valence-corrected chi connectivity index (χ4v) is 3.67. The van der Waals surface area contributed by atoms with Gasteiger partial charge in [0, 0.05) is 50.8 Å². The van der Waals surface area contributed by atoms with E-state index in [0.717, 1.165) is 31.9 Å². The molecule has 0 atom stereocenters. The van der Waals surface area contributed by atoms with Crippen LogP contribution in [0.15, 0.2) is 59.2 Å². The molecule has 0 spiro atoms. The average molecular weight is 482 g/mol. The highest BCUT2D eigenvalue weighted by molar-refractivity contribution is 9.10. The Bertz CT molecular complexity index is 1050. The molecule has 0 radical (unpaired) electrons. The molecule has 4 rings (SSSR count). The molecule has 0 bridgehead atoms. The first-order valence-electron chi connectivity index (χ1n) is 10.1. The molecule has 1 aromatic heterocycles. The normalized spacial score (nSPS) is 13.5. The lowest BCUT2D eigenvalue weighted by Gasteiger charge is -2.29. The minimum atomic E-state index is -0.170. The minimum absolute atomic E-state index is 0.170. The first kappa shape index (κ1) is 21.1. The van der Waals surface area contributed by atoms with Gasteiger partial charge in [-0.15, -0.1) is 0 Å². The highest BCUT2D eigenvalue weighted by Gasteiger charge is 2.13. The lowest BCUT2D eigenvalue weighted by atomic mass is 10.1. The van der Waals surface area contributed by atoms with E-state index in [9.17, 15) is 4.79 Å². The van der Waals surface area contributed by atoms with E-state index < -0.39 is 0 Å². The van der Waals surface area contributed by atoms with Gasteiger partial charge in [-0.3, -0.25) is 4.79 Å². The predicted molar refractivity (Wildman–Crippen MR) is 128 cm³/mol. The van der Waals surface area contributed by atoms with Crippen molar-refractivity contribution in [2.24, 2.45) is 0 Å². The third-order valence-electron chi connectivity index (χ3n) is 5.00. The van der Waals surface area contributed by atoms with Crippen molar-refractivity contribution in [3.05, 3.63) is 64.8 Å². The van der Waals surface area contributed by atoms with Crippen LogP contribution in [0, 0.1) is 0 Å². The molecule has 1 fully saturated rings. The monoisotopic (exact) mass is 481 g/mol. The van der Waals surface area contributed by atoms with Crippen molar-refractivity contribution in [2.75, 3.05) is 48.8 Å². The van der Waals surface area contributed by atoms with Gasteiger partial charge in [0.15, 0.2) is 0 Å². The molecule has 31 heavy (non-hydrogen) atoms. The molecule has 2 heterocycles. The fraction of sp³-hybridized carbons (Fsp3) is 0.227. The molecular formula is C22H24BrN7O. The van der Waals surface area contributed by atoms with Gasteiger partial charge in [0.1, 0.15) is 5.82 Å². The molecule has 1 aliphatic heterocycles. The van der Waals surface area contributed by atoms with Crippen molar-refractivity contribution < 1.29 is 4.79 Å². The van der Waals surface area contributed by atoms with E-state index in [2.05, 4.69) is 64.2 Å². The van der Waals surface area contributed by atoms with Crippen molar-refractivity contribution in [1.82, 2.24) is 20.6 Å². The number of benzene rings is 2. The SMILES string of the molecule is CNC(=O)c1ccccc1Nc1nc(Nc2ccc(N3CCNCC3)cc2)ncc1Br. The maximum absolute atomic E-state index is 12.1. The largest absolute Gasteiger partial charge is 0.369 e. The highest BCUT2D eigenvalue weighted by Crippen LogP contribution is 2.27. The van der Waals surface area contributed by atoms with Crippen LogP contribution >= 0.6 is 15.9 Å². The number of para-hydroxylation sites is 1. The second-order valence-electron chi connectivity index (χ2n) is 7.05. The number of carbonyl (C=O) groups is 1. The van der Waals surface area contributed by atoms with Crippen LogP contribution in [0.1, 0.15) is 10.4 Å². The summed E-state index contributed by atoms with van der Waals surface area (Å²) < 4.78 is 0.693. The average Bonchev–Trinajstić information content (AvgIpc) is 2.82. The third-order valence-corrected chi connectivity index (χ3v) is 5.58. The number of nitrogens with one attached hydrogen (secondary N) is 4. The maximum Gasteiger partial charge on any atom is 0.253 e. The number of hydrogen-bond acceptors (Lipinski definition) is 7. The Labute approximate surface area is 189 Å². The van der Waals surface area contributed by atoms with Crippen molar-refractivity contribution in [1.29, 1.82) is 0 Å². The van der Waals surface area contributed by atoms with E-state index in [0.29, 0.717) is 27.5 Å². The van der Waals surface area contributed by atoms with Gasteiger partial charge in [-0.05, 0) is 52.3 Å². The van der Waals surface area contributed by atoms with Crippen molar-refractivity contribution >= 4 is 50.7 Å². The standard InChI is InChI=1S/C22H24BrN7O/c1-24-21(31)17-4-2-3-5-19(17)28-20-18(23)14-26-22(29-20)27-15-6-8-16(9-7-15)30-12-10-25-11-13-30/h2-9,14,25H,10-13H2,1H3,(H,24,31)(H2,26,27,28,29). The van der Waals surface area contributed by atoms with E-state index in [1.165, 1.54) is 5.69 Å². The van der Waals surface area contributed by atoms with Crippen LogP contribution in [-0.4, -0.2) is 49.1 Å². The lowest BCUT2D eigenvalue weighted by Crippen LogP contribution is -2.43. The summed E-state index contributed by atoms with van der Waals surface area (Å²) in [7, 11) is 1.61. The summed E-state index contributed by atoms with van der Waals surface area (Å²) >= 11 is 3.48. The van der Waals surface area contributed by atoms with Crippen LogP contribution in [0.4, 0.5) is 28.8 Å². The van der Waals surface area contributed by atoms with Gasteiger partial charge in [-0.25, -0.2) is 4.98 Å². The topological polar surface area (TPSA) is 94.2 Å². The summed E-state index contributed by atoms with van der Waals surface area (Å²) in [5.74, 6) is 0.848. The van der Waals surface area contributed by atoms with Crippen LogP contribution in [0.5, 0.6) is 0 Å². The number of hydrogen-bond donors (Lipinski definition) is 4. The Morgan fingerprint density at radius 2 is 1.81 bits per heavy atom. The first-order valence-corrected chi connectivity index (χ1v) is 10.9. The van der Waals surface area contributed by atoms with Gasteiger partial charge in [0.05, 0.1) is 15.7 Å². The lowest BCUT2D eigenvalue weighted by molar-refractivity contribution is 0.0964. The summed E-state index contributed by atoms with van der Waals surface area (Å²) in [6.45, 7) is 4.03. The quantitative estimate of drug-likeness (QED) is 0.427. The third kappa shape index (κ3) is 5.12. The first-order chi connectivity index (χ1) is 15.1. The fourth-order valence-electron chi connectivity index (χ4n) is 3.38. The van der Waals surface area contributed by atoms with Crippen LogP contribution in [0.2, 0.25) is 0 Å². The summed E-state index contributed by atoms with van der Waals surface area (Å²) in [4.78, 5) is 23.4. The summed E-state index contributed by atoms with van der Waals surface area (Å²) in [6.07, 6.45) is 1.68. The molecule has 0 aliphatic carbocycles. The maximum atomic E-state index is 12.1. The summed E-state index contributed by atoms with van der Waals surface area (Å²) in [6, 6.07) is 15.5. The molecule has 1 saturated heterocycles. The number of anilines is 5. The van der Waals surface area contributed by atoms with E-state index in [-0.39, 0.29) is 5.91 Å². The number of rotatable bonds is 6. The van der Waals surface area contributed by atoms with Gasteiger partial charge in [0.2, 0.25) is 5.95 Å². The zero-order chi connectivity index (χ0) is 21.6. The Morgan fingerprint density at radius 1 is 1.06 bits per heavy atom. The number of amides is 1. The number of halogens is 1. The molecular weight excluding hydrogens is 458 g/mol. The van der Waals surface area contributed by atoms with E-state index >= 15 is 0 Å². The second kappa shape index (κ2) is 9.76. The zero-order valence-electron chi connectivity index (χ0n) is 17.2. The highest BCUT2D eigenvalue weighted by atomic mass is 79.9.